The Morgan fingerprint density at radius 3 is 2.72 bits per heavy atom. The topological polar surface area (TPSA) is 59.3 Å². The van der Waals surface area contributed by atoms with Crippen LogP contribution in [0.5, 0.6) is 0 Å². The molecule has 25 heavy (non-hydrogen) atoms. The first-order valence-corrected chi connectivity index (χ1v) is 7.97. The summed E-state index contributed by atoms with van der Waals surface area (Å²) in [5.41, 5.74) is 2.04. The maximum atomic E-state index is 11.0. The van der Waals surface area contributed by atoms with Crippen molar-refractivity contribution in [3.63, 3.8) is 0 Å². The zero-order chi connectivity index (χ0) is 18.5. The van der Waals surface area contributed by atoms with E-state index in [1.165, 1.54) is 12.5 Å². The van der Waals surface area contributed by atoms with Gasteiger partial charge in [-0.25, -0.2) is 9.67 Å². The SMILES string of the molecule is C#CC.CC(=O)NCn1nc(C)cc1/N=C\C/C=C/c1ccccc1. The summed E-state index contributed by atoms with van der Waals surface area (Å²) in [6.45, 7) is 5.36. The number of carbonyl (C=O) groups is 1. The van der Waals surface area contributed by atoms with Crippen LogP contribution < -0.4 is 5.32 Å². The number of terminal acetylenes is 1. The number of aromatic nitrogens is 2. The van der Waals surface area contributed by atoms with Crippen molar-refractivity contribution in [2.24, 2.45) is 4.99 Å². The van der Waals surface area contributed by atoms with Gasteiger partial charge in [-0.2, -0.15) is 5.10 Å². The number of allylic oxidation sites excluding steroid dienone is 1. The largest absolute Gasteiger partial charge is 0.337 e. The van der Waals surface area contributed by atoms with Gasteiger partial charge in [0.1, 0.15) is 6.67 Å². The fraction of sp³-hybridized carbons (Fsp3) is 0.250. The molecule has 2 rings (SSSR count). The molecular formula is C20H24N4O. The van der Waals surface area contributed by atoms with E-state index in [9.17, 15) is 4.79 Å². The second kappa shape index (κ2) is 11.4. The van der Waals surface area contributed by atoms with Crippen molar-refractivity contribution in [3.05, 3.63) is 53.7 Å². The fourth-order valence-electron chi connectivity index (χ4n) is 1.91. The maximum absolute atomic E-state index is 11.0. The van der Waals surface area contributed by atoms with Gasteiger partial charge in [-0.15, -0.1) is 12.3 Å². The molecule has 0 fully saturated rings. The third kappa shape index (κ3) is 8.33. The molecule has 1 aromatic carbocycles. The molecule has 0 radical (unpaired) electrons. The van der Waals surface area contributed by atoms with Crippen molar-refractivity contribution in [1.82, 2.24) is 15.1 Å². The summed E-state index contributed by atoms with van der Waals surface area (Å²) in [6, 6.07) is 12.0. The van der Waals surface area contributed by atoms with Crippen LogP contribution in [0.15, 0.2) is 47.5 Å². The summed E-state index contributed by atoms with van der Waals surface area (Å²) in [7, 11) is 0. The lowest BCUT2D eigenvalue weighted by Gasteiger charge is -2.03. The van der Waals surface area contributed by atoms with Gasteiger partial charge in [0.2, 0.25) is 5.91 Å². The smallest absolute Gasteiger partial charge is 0.218 e. The molecule has 0 saturated heterocycles. The number of aliphatic imine (C=N–C) groups is 1. The molecule has 1 heterocycles. The van der Waals surface area contributed by atoms with Crippen molar-refractivity contribution in [1.29, 1.82) is 0 Å². The van der Waals surface area contributed by atoms with E-state index in [-0.39, 0.29) is 5.91 Å². The molecular weight excluding hydrogens is 312 g/mol. The van der Waals surface area contributed by atoms with Crippen LogP contribution in [0.3, 0.4) is 0 Å². The fourth-order valence-corrected chi connectivity index (χ4v) is 1.91. The Morgan fingerprint density at radius 2 is 2.08 bits per heavy atom. The van der Waals surface area contributed by atoms with Crippen molar-refractivity contribution in [2.45, 2.75) is 33.9 Å². The van der Waals surface area contributed by atoms with Crippen LogP contribution in [-0.2, 0) is 11.5 Å². The number of rotatable bonds is 6. The Balaban J connectivity index is 0.000000970. The summed E-state index contributed by atoms with van der Waals surface area (Å²) >= 11 is 0. The van der Waals surface area contributed by atoms with Gasteiger partial charge in [0.25, 0.3) is 0 Å². The molecule has 0 bridgehead atoms. The van der Waals surface area contributed by atoms with Crippen LogP contribution in [-0.4, -0.2) is 21.9 Å². The average Bonchev–Trinajstić information content (AvgIpc) is 2.94. The van der Waals surface area contributed by atoms with E-state index in [4.69, 9.17) is 0 Å². The highest BCUT2D eigenvalue weighted by molar-refractivity contribution is 5.72. The number of benzene rings is 1. The quantitative estimate of drug-likeness (QED) is 0.645. The van der Waals surface area contributed by atoms with Crippen molar-refractivity contribution >= 4 is 24.0 Å². The predicted molar refractivity (Wildman–Crippen MR) is 104 cm³/mol. The first-order chi connectivity index (χ1) is 12.1. The highest BCUT2D eigenvalue weighted by Gasteiger charge is 2.03. The third-order valence-electron chi connectivity index (χ3n) is 2.93. The Labute approximate surface area is 149 Å². The number of nitrogens with zero attached hydrogens (tertiary/aromatic N) is 3. The van der Waals surface area contributed by atoms with Gasteiger partial charge in [-0.3, -0.25) is 4.79 Å². The summed E-state index contributed by atoms with van der Waals surface area (Å²) in [6.07, 6.45) is 11.3. The molecule has 0 spiro atoms. The monoisotopic (exact) mass is 336 g/mol. The van der Waals surface area contributed by atoms with Gasteiger partial charge in [0, 0.05) is 25.6 Å². The number of hydrogen-bond donors (Lipinski definition) is 1. The summed E-state index contributed by atoms with van der Waals surface area (Å²) in [5.74, 6) is 2.90. The average molecular weight is 336 g/mol. The normalized spacial score (nSPS) is 10.3. The summed E-state index contributed by atoms with van der Waals surface area (Å²) < 4.78 is 1.67. The first-order valence-electron chi connectivity index (χ1n) is 7.97. The number of aryl methyl sites for hydroxylation is 1. The van der Waals surface area contributed by atoms with Crippen LogP contribution in [0.1, 0.15) is 31.5 Å². The Kier molecular flexibility index (Phi) is 9.09. The lowest BCUT2D eigenvalue weighted by Crippen LogP contribution is -2.23. The van der Waals surface area contributed by atoms with Gasteiger partial charge in [0.05, 0.1) is 5.69 Å². The third-order valence-corrected chi connectivity index (χ3v) is 2.93. The second-order valence-corrected chi connectivity index (χ2v) is 5.18. The van der Waals surface area contributed by atoms with Crippen LogP contribution in [0.2, 0.25) is 0 Å². The van der Waals surface area contributed by atoms with Gasteiger partial charge in [-0.1, -0.05) is 42.5 Å². The van der Waals surface area contributed by atoms with Gasteiger partial charge >= 0.3 is 0 Å². The van der Waals surface area contributed by atoms with E-state index >= 15 is 0 Å². The second-order valence-electron chi connectivity index (χ2n) is 5.18. The van der Waals surface area contributed by atoms with Crippen molar-refractivity contribution in [2.75, 3.05) is 0 Å². The van der Waals surface area contributed by atoms with E-state index in [1.54, 1.807) is 11.6 Å². The van der Waals surface area contributed by atoms with Crippen molar-refractivity contribution in [3.8, 4) is 12.3 Å². The van der Waals surface area contributed by atoms with E-state index in [0.29, 0.717) is 6.67 Å². The minimum atomic E-state index is -0.0890. The van der Waals surface area contributed by atoms with Crippen LogP contribution in [0, 0.1) is 19.3 Å². The Morgan fingerprint density at radius 1 is 1.40 bits per heavy atom. The first kappa shape index (κ1) is 19.9. The maximum Gasteiger partial charge on any atom is 0.218 e. The lowest BCUT2D eigenvalue weighted by molar-refractivity contribution is -0.119. The molecule has 0 saturated carbocycles. The molecule has 0 aliphatic heterocycles. The Hall–Kier alpha value is -3.13. The van der Waals surface area contributed by atoms with Crippen LogP contribution in [0.25, 0.3) is 6.08 Å². The molecule has 2 aromatic rings. The molecule has 1 amide bonds. The number of nitrogens with one attached hydrogen (secondary N) is 1. The lowest BCUT2D eigenvalue weighted by atomic mass is 10.2. The standard InChI is InChI=1S/C17H20N4O.C3H4/c1-14-12-17(21(20-14)13-19-15(2)22)18-11-7-6-10-16-8-4-3-5-9-16;1-3-2/h3-6,8-12H,7,13H2,1-2H3,(H,19,22);1H,2H3/b10-6+,18-11-;. The number of carbonyl (C=O) groups excluding carboxylic acids is 1. The minimum absolute atomic E-state index is 0.0890. The van der Waals surface area contributed by atoms with Crippen molar-refractivity contribution < 1.29 is 4.79 Å². The molecule has 0 aliphatic carbocycles. The minimum Gasteiger partial charge on any atom is -0.337 e. The van der Waals surface area contributed by atoms with Gasteiger partial charge < -0.3 is 5.32 Å². The molecule has 5 heteroatoms. The highest BCUT2D eigenvalue weighted by Crippen LogP contribution is 2.13. The number of amides is 1. The molecule has 1 aromatic heterocycles. The van der Waals surface area contributed by atoms with Gasteiger partial charge in [0.15, 0.2) is 5.82 Å². The highest BCUT2D eigenvalue weighted by atomic mass is 16.1. The van der Waals surface area contributed by atoms with E-state index < -0.39 is 0 Å². The number of hydrogen-bond acceptors (Lipinski definition) is 3. The van der Waals surface area contributed by atoms with E-state index in [2.05, 4.69) is 52.0 Å². The van der Waals surface area contributed by atoms with E-state index in [1.807, 2.05) is 37.4 Å². The predicted octanol–water partition coefficient (Wildman–Crippen LogP) is 3.73. The Bertz CT molecular complexity index is 752. The molecule has 0 unspecified atom stereocenters. The van der Waals surface area contributed by atoms with Crippen LogP contribution >= 0.6 is 0 Å². The summed E-state index contributed by atoms with van der Waals surface area (Å²) in [4.78, 5) is 15.4. The van der Waals surface area contributed by atoms with Crippen LogP contribution in [0.4, 0.5) is 5.82 Å². The molecule has 5 nitrogen and oxygen atoms in total. The molecule has 0 atom stereocenters. The molecule has 1 N–H and O–H groups in total. The summed E-state index contributed by atoms with van der Waals surface area (Å²) in [5, 5.41) is 7.01. The molecule has 0 aliphatic rings. The zero-order valence-corrected chi connectivity index (χ0v) is 14.9. The zero-order valence-electron chi connectivity index (χ0n) is 14.9. The van der Waals surface area contributed by atoms with Gasteiger partial charge in [-0.05, 0) is 19.4 Å². The molecule has 130 valence electrons. The van der Waals surface area contributed by atoms with E-state index in [0.717, 1.165) is 17.9 Å².